The third-order valence-corrected chi connectivity index (χ3v) is 1.21. The summed E-state index contributed by atoms with van der Waals surface area (Å²) in [6, 6.07) is 0. The van der Waals surface area contributed by atoms with E-state index in [9.17, 15) is 9.59 Å². The van der Waals surface area contributed by atoms with Crippen molar-refractivity contribution < 1.29 is 36.4 Å². The van der Waals surface area contributed by atoms with Crippen molar-refractivity contribution >= 4 is 11.8 Å². The Bertz CT molecular complexity index is 196. The zero-order valence-electron chi connectivity index (χ0n) is 7.26. The fourth-order valence-corrected chi connectivity index (χ4v) is 0.622. The Morgan fingerprint density at radius 2 is 1.92 bits per heavy atom. The number of carbonyl (C=O) groups excluding carboxylic acids is 1. The molecular weight excluding hydrogens is 192 g/mol. The van der Waals surface area contributed by atoms with Crippen molar-refractivity contribution in [3.05, 3.63) is 11.6 Å². The number of carboxylic acid groups (broad SMARTS) is 1. The molecule has 0 aromatic carbocycles. The van der Waals surface area contributed by atoms with E-state index in [4.69, 9.17) is 5.11 Å². The number of carbonyl (C=O) groups is 2. The molecule has 0 spiro atoms. The Balaban J connectivity index is 0. The van der Waals surface area contributed by atoms with Gasteiger partial charge < -0.3 is 5.11 Å². The van der Waals surface area contributed by atoms with Crippen LogP contribution in [0.2, 0.25) is 0 Å². The second kappa shape index (κ2) is 7.25. The van der Waals surface area contributed by atoms with E-state index in [-0.39, 0.29) is 33.1 Å². The average molecular weight is 204 g/mol. The zero-order valence-corrected chi connectivity index (χ0v) is 8.82. The number of hydrogen-bond acceptors (Lipinski definition) is 2. The fourth-order valence-electron chi connectivity index (χ4n) is 0.622. The number of carboxylic acids is 1. The Kier molecular flexibility index (Phi) is 8.55. The van der Waals surface area contributed by atoms with E-state index in [2.05, 4.69) is 0 Å². The van der Waals surface area contributed by atoms with Crippen LogP contribution in [0.1, 0.15) is 26.7 Å². The van der Waals surface area contributed by atoms with Crippen LogP contribution in [0.15, 0.2) is 11.6 Å². The molecule has 12 heavy (non-hydrogen) atoms. The second-order valence-electron chi connectivity index (χ2n) is 2.35. The fraction of sp³-hybridized carbons (Fsp3) is 0.500. The van der Waals surface area contributed by atoms with Crippen molar-refractivity contribution in [2.24, 2.45) is 0 Å². The molecule has 0 aliphatic rings. The third-order valence-electron chi connectivity index (χ3n) is 1.21. The van der Waals surface area contributed by atoms with E-state index >= 15 is 0 Å². The Morgan fingerprint density at radius 3 is 2.25 bits per heavy atom. The molecule has 0 aromatic rings. The zero-order chi connectivity index (χ0) is 8.85. The van der Waals surface area contributed by atoms with E-state index in [1.54, 1.807) is 0 Å². The molecule has 1 N–H and O–H groups in total. The number of ketones is 1. The van der Waals surface area contributed by atoms with Gasteiger partial charge in [-0.05, 0) is 19.4 Å². The van der Waals surface area contributed by atoms with Crippen molar-refractivity contribution in [1.29, 1.82) is 0 Å². The van der Waals surface area contributed by atoms with E-state index < -0.39 is 5.97 Å². The van der Waals surface area contributed by atoms with E-state index in [0.717, 1.165) is 6.42 Å². The van der Waals surface area contributed by atoms with Gasteiger partial charge in [-0.1, -0.05) is 6.92 Å². The van der Waals surface area contributed by atoms with Crippen LogP contribution in [0.25, 0.3) is 0 Å². The normalized spacial score (nSPS) is 10.3. The van der Waals surface area contributed by atoms with Crippen LogP contribution >= 0.6 is 0 Å². The molecule has 0 aliphatic carbocycles. The molecule has 0 amide bonds. The number of hydrogen-bond donors (Lipinski definition) is 1. The number of allylic oxidation sites excluding steroid dienone is 1. The summed E-state index contributed by atoms with van der Waals surface area (Å²) in [5, 5.41) is 8.38. The molecule has 0 fully saturated rings. The molecule has 0 unspecified atom stereocenters. The molecule has 0 bridgehead atoms. The summed E-state index contributed by atoms with van der Waals surface area (Å²) in [6.45, 7) is 3.29. The van der Waals surface area contributed by atoms with Crippen LogP contribution in [0, 0.1) is 0 Å². The van der Waals surface area contributed by atoms with Crippen LogP contribution in [0.5, 0.6) is 0 Å². The summed E-state index contributed by atoms with van der Waals surface area (Å²) in [6.07, 6.45) is 2.35. The molecule has 66 valence electrons. The van der Waals surface area contributed by atoms with E-state index in [0.29, 0.717) is 6.42 Å². The molecule has 0 saturated heterocycles. The monoisotopic (exact) mass is 204 g/mol. The summed E-state index contributed by atoms with van der Waals surface area (Å²) in [4.78, 5) is 21.0. The SMILES string of the molecule is CCCC(=O)C=C(C)C(=O)O.[Ti]. The number of rotatable bonds is 4. The first-order chi connectivity index (χ1) is 5.07. The van der Waals surface area contributed by atoms with Crippen LogP contribution in [-0.4, -0.2) is 16.9 Å². The molecule has 0 aromatic heterocycles. The van der Waals surface area contributed by atoms with Crippen LogP contribution in [0.4, 0.5) is 0 Å². The Hall–Kier alpha value is -0.406. The van der Waals surface area contributed by atoms with Crippen molar-refractivity contribution in [1.82, 2.24) is 0 Å². The van der Waals surface area contributed by atoms with Crippen LogP contribution in [-0.2, 0) is 31.3 Å². The summed E-state index contributed by atoms with van der Waals surface area (Å²) < 4.78 is 0. The maximum Gasteiger partial charge on any atom is 0.331 e. The second-order valence-corrected chi connectivity index (χ2v) is 2.35. The van der Waals surface area contributed by atoms with Gasteiger partial charge in [0, 0.05) is 33.7 Å². The third kappa shape index (κ3) is 6.31. The molecule has 0 heterocycles. The van der Waals surface area contributed by atoms with Gasteiger partial charge in [-0.3, -0.25) is 4.79 Å². The maximum absolute atomic E-state index is 10.8. The van der Waals surface area contributed by atoms with Gasteiger partial charge in [0.2, 0.25) is 0 Å². The summed E-state index contributed by atoms with van der Waals surface area (Å²) in [5.41, 5.74) is 0.100. The molecule has 3 nitrogen and oxygen atoms in total. The first-order valence-corrected chi connectivity index (χ1v) is 3.52. The molecule has 0 rings (SSSR count). The van der Waals surface area contributed by atoms with Gasteiger partial charge in [-0.15, -0.1) is 0 Å². The van der Waals surface area contributed by atoms with Crippen LogP contribution < -0.4 is 0 Å². The van der Waals surface area contributed by atoms with E-state index in [1.807, 2.05) is 6.92 Å². The number of aliphatic carboxylic acids is 1. The van der Waals surface area contributed by atoms with Crippen molar-refractivity contribution in [2.45, 2.75) is 26.7 Å². The predicted octanol–water partition coefficient (Wildman–Crippen LogP) is 1.38. The Morgan fingerprint density at radius 1 is 1.42 bits per heavy atom. The molecular formula is C8H12O3Ti. The quantitative estimate of drug-likeness (QED) is 0.555. The Labute approximate surface area is 86.7 Å². The summed E-state index contributed by atoms with van der Waals surface area (Å²) in [7, 11) is 0. The summed E-state index contributed by atoms with van der Waals surface area (Å²) >= 11 is 0. The van der Waals surface area contributed by atoms with Gasteiger partial charge in [0.25, 0.3) is 0 Å². The summed E-state index contributed by atoms with van der Waals surface area (Å²) in [5.74, 6) is -1.15. The topological polar surface area (TPSA) is 54.4 Å². The first kappa shape index (κ1) is 14.1. The van der Waals surface area contributed by atoms with Gasteiger partial charge in [0.05, 0.1) is 0 Å². The maximum atomic E-state index is 10.8. The van der Waals surface area contributed by atoms with Crippen molar-refractivity contribution in [3.63, 3.8) is 0 Å². The smallest absolute Gasteiger partial charge is 0.331 e. The molecule has 0 saturated carbocycles. The molecule has 0 atom stereocenters. The van der Waals surface area contributed by atoms with Gasteiger partial charge in [0.15, 0.2) is 5.78 Å². The van der Waals surface area contributed by atoms with Gasteiger partial charge in [0.1, 0.15) is 0 Å². The van der Waals surface area contributed by atoms with Gasteiger partial charge in [-0.25, -0.2) is 4.79 Å². The molecule has 4 heteroatoms. The van der Waals surface area contributed by atoms with Gasteiger partial charge >= 0.3 is 5.97 Å². The van der Waals surface area contributed by atoms with Crippen molar-refractivity contribution in [3.8, 4) is 0 Å². The van der Waals surface area contributed by atoms with E-state index in [1.165, 1.54) is 13.0 Å². The molecule has 0 aliphatic heterocycles. The van der Waals surface area contributed by atoms with Crippen molar-refractivity contribution in [2.75, 3.05) is 0 Å². The minimum atomic E-state index is -1.03. The molecule has 0 radical (unpaired) electrons. The average Bonchev–Trinajstić information content (AvgIpc) is 1.87. The standard InChI is InChI=1S/C8H12O3.Ti/c1-3-4-7(9)5-6(2)8(10)11;/h5H,3-4H2,1-2H3,(H,10,11);. The van der Waals surface area contributed by atoms with Gasteiger partial charge in [-0.2, -0.15) is 0 Å². The first-order valence-electron chi connectivity index (χ1n) is 3.52. The minimum Gasteiger partial charge on any atom is -0.478 e. The van der Waals surface area contributed by atoms with Crippen LogP contribution in [0.3, 0.4) is 0 Å². The minimum absolute atomic E-state index is 0. The predicted molar refractivity (Wildman–Crippen MR) is 41.3 cm³/mol. The largest absolute Gasteiger partial charge is 0.478 e.